The van der Waals surface area contributed by atoms with Crippen LogP contribution in [0.4, 0.5) is 4.39 Å². The van der Waals surface area contributed by atoms with Crippen molar-refractivity contribution in [3.63, 3.8) is 0 Å². The molecule has 3 rings (SSSR count). The maximum Gasteiger partial charge on any atom is 0.246 e. The van der Waals surface area contributed by atoms with Crippen molar-refractivity contribution in [3.8, 4) is 0 Å². The Morgan fingerprint density at radius 2 is 2.04 bits per heavy atom. The predicted molar refractivity (Wildman–Crippen MR) is 89.4 cm³/mol. The summed E-state index contributed by atoms with van der Waals surface area (Å²) < 4.78 is 13.0. The highest BCUT2D eigenvalue weighted by atomic mass is 19.1. The number of carbonyl (C=O) groups is 1. The Morgan fingerprint density at radius 3 is 2.67 bits per heavy atom. The topological polar surface area (TPSA) is 53.4 Å². The summed E-state index contributed by atoms with van der Waals surface area (Å²) in [6, 6.07) is 11.4. The molecule has 1 aromatic heterocycles. The molecule has 124 valence electrons. The molecule has 24 heavy (non-hydrogen) atoms. The number of rotatable bonds is 6. The van der Waals surface area contributed by atoms with Crippen molar-refractivity contribution in [2.45, 2.75) is 25.0 Å². The third kappa shape index (κ3) is 4.26. The van der Waals surface area contributed by atoms with Crippen LogP contribution in [0.25, 0.3) is 6.08 Å². The van der Waals surface area contributed by atoms with Crippen LogP contribution in [0.3, 0.4) is 0 Å². The molecule has 1 aromatic carbocycles. The minimum atomic E-state index is -0.835. The van der Waals surface area contributed by atoms with E-state index in [9.17, 15) is 14.3 Å². The van der Waals surface area contributed by atoms with E-state index >= 15 is 0 Å². The zero-order valence-electron chi connectivity index (χ0n) is 13.2. The number of hydrogen-bond donors (Lipinski definition) is 1. The van der Waals surface area contributed by atoms with Gasteiger partial charge in [-0.2, -0.15) is 0 Å². The van der Waals surface area contributed by atoms with Gasteiger partial charge in [0.05, 0.1) is 18.3 Å². The molecule has 1 amide bonds. The number of halogens is 1. The lowest BCUT2D eigenvalue weighted by Crippen LogP contribution is -2.35. The summed E-state index contributed by atoms with van der Waals surface area (Å²) in [4.78, 5) is 18.3. The number of nitrogens with zero attached hydrogens (tertiary/aromatic N) is 2. The number of aliphatic hydroxyl groups is 1. The average Bonchev–Trinajstić information content (AvgIpc) is 3.44. The van der Waals surface area contributed by atoms with Gasteiger partial charge in [-0.25, -0.2) is 4.39 Å². The number of aliphatic hydroxyl groups excluding tert-OH is 1. The molecular weight excluding hydrogens is 307 g/mol. The summed E-state index contributed by atoms with van der Waals surface area (Å²) in [5.74, 6) is -0.497. The van der Waals surface area contributed by atoms with Crippen LogP contribution >= 0.6 is 0 Å². The van der Waals surface area contributed by atoms with Crippen LogP contribution in [0.2, 0.25) is 0 Å². The lowest BCUT2D eigenvalue weighted by Gasteiger charge is -2.24. The summed E-state index contributed by atoms with van der Waals surface area (Å²) in [5, 5.41) is 10.3. The fraction of sp³-hybridized carbons (Fsp3) is 0.263. The van der Waals surface area contributed by atoms with Gasteiger partial charge in [0.25, 0.3) is 0 Å². The summed E-state index contributed by atoms with van der Waals surface area (Å²) in [6.07, 6.45) is 5.87. The number of benzene rings is 1. The van der Waals surface area contributed by atoms with Gasteiger partial charge < -0.3 is 10.0 Å². The second kappa shape index (κ2) is 7.36. The number of pyridine rings is 1. The van der Waals surface area contributed by atoms with Crippen molar-refractivity contribution in [3.05, 3.63) is 71.8 Å². The van der Waals surface area contributed by atoms with Gasteiger partial charge in [-0.3, -0.25) is 9.78 Å². The van der Waals surface area contributed by atoms with Crippen LogP contribution in [-0.2, 0) is 4.79 Å². The van der Waals surface area contributed by atoms with Crippen molar-refractivity contribution in [1.82, 2.24) is 9.88 Å². The van der Waals surface area contributed by atoms with Crippen molar-refractivity contribution in [1.29, 1.82) is 0 Å². The first-order chi connectivity index (χ1) is 11.6. The van der Waals surface area contributed by atoms with Crippen molar-refractivity contribution in [2.24, 2.45) is 0 Å². The van der Waals surface area contributed by atoms with E-state index < -0.39 is 6.10 Å². The zero-order chi connectivity index (χ0) is 16.9. The summed E-state index contributed by atoms with van der Waals surface area (Å²) in [6.45, 7) is 0.196. The van der Waals surface area contributed by atoms with E-state index in [0.717, 1.165) is 12.8 Å². The highest BCUT2D eigenvalue weighted by molar-refractivity contribution is 5.92. The first kappa shape index (κ1) is 16.3. The van der Waals surface area contributed by atoms with Crippen molar-refractivity contribution in [2.75, 3.05) is 6.54 Å². The van der Waals surface area contributed by atoms with Crippen LogP contribution < -0.4 is 0 Å². The smallest absolute Gasteiger partial charge is 0.246 e. The van der Waals surface area contributed by atoms with Gasteiger partial charge in [0, 0.05) is 18.3 Å². The molecule has 1 heterocycles. The molecule has 0 bridgehead atoms. The van der Waals surface area contributed by atoms with Gasteiger partial charge in [-0.15, -0.1) is 0 Å². The average molecular weight is 326 g/mol. The Balaban J connectivity index is 1.67. The third-order valence-electron chi connectivity index (χ3n) is 3.98. The molecule has 1 N–H and O–H groups in total. The Morgan fingerprint density at radius 1 is 1.29 bits per heavy atom. The van der Waals surface area contributed by atoms with Crippen molar-refractivity contribution < 1.29 is 14.3 Å². The number of hydrogen-bond acceptors (Lipinski definition) is 3. The SMILES string of the molecule is O=C(/C=C/c1ccccn1)N(CC(O)c1ccc(F)cc1)C1CC1. The minimum absolute atomic E-state index is 0.149. The molecular formula is C19H19FN2O2. The van der Waals surface area contributed by atoms with E-state index in [0.29, 0.717) is 11.3 Å². The first-order valence-corrected chi connectivity index (χ1v) is 7.97. The van der Waals surface area contributed by atoms with Gasteiger partial charge in [-0.1, -0.05) is 18.2 Å². The standard InChI is InChI=1S/C19H19FN2O2/c20-15-6-4-14(5-7-15)18(23)13-22(17-9-10-17)19(24)11-8-16-3-1-2-12-21-16/h1-8,11-12,17-18,23H,9-10,13H2/b11-8+. The second-order valence-corrected chi connectivity index (χ2v) is 5.88. The fourth-order valence-corrected chi connectivity index (χ4v) is 2.51. The largest absolute Gasteiger partial charge is 0.387 e. The molecule has 0 saturated heterocycles. The Bertz CT molecular complexity index is 712. The highest BCUT2D eigenvalue weighted by Crippen LogP contribution is 2.29. The van der Waals surface area contributed by atoms with E-state index in [1.807, 2.05) is 18.2 Å². The predicted octanol–water partition coefficient (Wildman–Crippen LogP) is 2.96. The first-order valence-electron chi connectivity index (χ1n) is 7.97. The van der Waals surface area contributed by atoms with Gasteiger partial charge in [0.2, 0.25) is 5.91 Å². The molecule has 1 unspecified atom stereocenters. The molecule has 2 aromatic rings. The van der Waals surface area contributed by atoms with Crippen LogP contribution in [0.5, 0.6) is 0 Å². The summed E-state index contributed by atoms with van der Waals surface area (Å²) >= 11 is 0. The van der Waals surface area contributed by atoms with E-state index in [1.54, 1.807) is 29.3 Å². The second-order valence-electron chi connectivity index (χ2n) is 5.88. The van der Waals surface area contributed by atoms with E-state index in [4.69, 9.17) is 0 Å². The molecule has 0 aliphatic heterocycles. The van der Waals surface area contributed by atoms with Crippen LogP contribution in [-0.4, -0.2) is 33.5 Å². The van der Waals surface area contributed by atoms with Crippen LogP contribution in [0.1, 0.15) is 30.2 Å². The van der Waals surface area contributed by atoms with Gasteiger partial charge in [-0.05, 0) is 48.7 Å². The fourth-order valence-electron chi connectivity index (χ4n) is 2.51. The number of aromatic nitrogens is 1. The molecule has 1 aliphatic carbocycles. The van der Waals surface area contributed by atoms with E-state index in [-0.39, 0.29) is 24.3 Å². The van der Waals surface area contributed by atoms with Crippen LogP contribution in [0.15, 0.2) is 54.7 Å². The molecule has 5 heteroatoms. The Labute approximate surface area is 140 Å². The molecule has 0 spiro atoms. The normalized spacial score (nSPS) is 15.4. The molecule has 0 radical (unpaired) electrons. The van der Waals surface area contributed by atoms with E-state index in [1.165, 1.54) is 18.2 Å². The molecule has 4 nitrogen and oxygen atoms in total. The Hall–Kier alpha value is -2.53. The lowest BCUT2D eigenvalue weighted by atomic mass is 10.1. The molecule has 1 atom stereocenters. The summed E-state index contributed by atoms with van der Waals surface area (Å²) in [5.41, 5.74) is 1.31. The summed E-state index contributed by atoms with van der Waals surface area (Å²) in [7, 11) is 0. The van der Waals surface area contributed by atoms with Gasteiger partial charge in [0.1, 0.15) is 5.82 Å². The number of carbonyl (C=O) groups excluding carboxylic acids is 1. The Kier molecular flexibility index (Phi) is 5.01. The van der Waals surface area contributed by atoms with Gasteiger partial charge >= 0.3 is 0 Å². The zero-order valence-corrected chi connectivity index (χ0v) is 13.2. The van der Waals surface area contributed by atoms with Crippen molar-refractivity contribution >= 4 is 12.0 Å². The molecule has 1 aliphatic rings. The lowest BCUT2D eigenvalue weighted by molar-refractivity contribution is -0.128. The maximum atomic E-state index is 13.0. The number of amides is 1. The minimum Gasteiger partial charge on any atom is -0.387 e. The third-order valence-corrected chi connectivity index (χ3v) is 3.98. The highest BCUT2D eigenvalue weighted by Gasteiger charge is 2.33. The maximum absolute atomic E-state index is 13.0. The van der Waals surface area contributed by atoms with Crippen LogP contribution in [0, 0.1) is 5.82 Å². The van der Waals surface area contributed by atoms with Gasteiger partial charge in [0.15, 0.2) is 0 Å². The molecule has 1 saturated carbocycles. The van der Waals surface area contributed by atoms with E-state index in [2.05, 4.69) is 4.98 Å². The quantitative estimate of drug-likeness (QED) is 0.831. The monoisotopic (exact) mass is 326 g/mol. The molecule has 1 fully saturated rings.